The van der Waals surface area contributed by atoms with Gasteiger partial charge in [-0.3, -0.25) is 4.79 Å². The summed E-state index contributed by atoms with van der Waals surface area (Å²) in [5, 5.41) is 14.6. The van der Waals surface area contributed by atoms with Gasteiger partial charge in [0, 0.05) is 26.7 Å². The molecular formula is C16H30IN7O. The zero-order chi connectivity index (χ0) is 17.4. The number of aliphatic imine (C=N–C) groups is 1. The minimum atomic E-state index is 0. The number of halogens is 1. The van der Waals surface area contributed by atoms with Gasteiger partial charge in [-0.05, 0) is 26.2 Å². The van der Waals surface area contributed by atoms with Crippen LogP contribution in [0.4, 0.5) is 0 Å². The Morgan fingerprint density at radius 2 is 1.96 bits per heavy atom. The Labute approximate surface area is 166 Å². The fourth-order valence-corrected chi connectivity index (χ4v) is 2.53. The summed E-state index contributed by atoms with van der Waals surface area (Å²) >= 11 is 0. The predicted molar refractivity (Wildman–Crippen MR) is 109 cm³/mol. The minimum absolute atomic E-state index is 0. The number of aromatic nitrogens is 3. The van der Waals surface area contributed by atoms with Crippen LogP contribution in [-0.4, -0.2) is 57.7 Å². The van der Waals surface area contributed by atoms with Gasteiger partial charge in [0.2, 0.25) is 5.91 Å². The van der Waals surface area contributed by atoms with E-state index in [0.717, 1.165) is 57.0 Å². The van der Waals surface area contributed by atoms with Crippen LogP contribution < -0.4 is 10.6 Å². The fourth-order valence-electron chi connectivity index (χ4n) is 2.53. The average molecular weight is 463 g/mol. The standard InChI is InChI=1S/C16H29N7O.HI/c1-4-5-8-17-16(18-11-14-21-20-13(2)22(14)3)19-12-15(24)23-9-6-7-10-23;/h4-12H2,1-3H3,(H2,17,18,19);1H. The van der Waals surface area contributed by atoms with Gasteiger partial charge < -0.3 is 20.1 Å². The topological polar surface area (TPSA) is 87.4 Å². The first kappa shape index (κ1) is 21.7. The second-order valence-electron chi connectivity index (χ2n) is 6.11. The van der Waals surface area contributed by atoms with Crippen LogP contribution in [0.15, 0.2) is 4.99 Å². The smallest absolute Gasteiger partial charge is 0.241 e. The van der Waals surface area contributed by atoms with Gasteiger partial charge in [-0.2, -0.15) is 0 Å². The molecule has 0 spiro atoms. The number of carbonyl (C=O) groups is 1. The highest BCUT2D eigenvalue weighted by atomic mass is 127. The average Bonchev–Trinajstić information content (AvgIpc) is 3.22. The van der Waals surface area contributed by atoms with Crippen LogP contribution >= 0.6 is 24.0 Å². The van der Waals surface area contributed by atoms with E-state index in [-0.39, 0.29) is 36.4 Å². The van der Waals surface area contributed by atoms with E-state index >= 15 is 0 Å². The summed E-state index contributed by atoms with van der Waals surface area (Å²) in [4.78, 5) is 18.6. The zero-order valence-corrected chi connectivity index (χ0v) is 17.7. The number of hydrogen-bond acceptors (Lipinski definition) is 4. The molecule has 0 atom stereocenters. The van der Waals surface area contributed by atoms with Gasteiger partial charge in [0.05, 0.1) is 6.54 Å². The molecule has 2 rings (SSSR count). The molecule has 1 aliphatic heterocycles. The molecule has 1 aromatic rings. The molecule has 1 amide bonds. The van der Waals surface area contributed by atoms with Gasteiger partial charge in [0.1, 0.15) is 12.4 Å². The molecule has 1 aromatic heterocycles. The molecule has 9 heteroatoms. The van der Waals surface area contributed by atoms with E-state index in [1.54, 1.807) is 0 Å². The van der Waals surface area contributed by atoms with E-state index in [2.05, 4.69) is 32.7 Å². The minimum Gasteiger partial charge on any atom is -0.356 e. The number of carbonyl (C=O) groups excluding carboxylic acids is 1. The van der Waals surface area contributed by atoms with Crippen molar-refractivity contribution < 1.29 is 4.79 Å². The van der Waals surface area contributed by atoms with E-state index in [1.807, 2.05) is 23.4 Å². The molecule has 1 saturated heterocycles. The normalized spacial score (nSPS) is 14.4. The lowest BCUT2D eigenvalue weighted by molar-refractivity contribution is -0.128. The van der Waals surface area contributed by atoms with Gasteiger partial charge in [-0.1, -0.05) is 13.3 Å². The largest absolute Gasteiger partial charge is 0.356 e. The van der Waals surface area contributed by atoms with Crippen molar-refractivity contribution in [2.45, 2.75) is 46.1 Å². The SMILES string of the molecule is CCCCNC(=NCc1nnc(C)n1C)NCC(=O)N1CCCC1.I. The Morgan fingerprint density at radius 3 is 2.56 bits per heavy atom. The fraction of sp³-hybridized carbons (Fsp3) is 0.750. The molecule has 0 saturated carbocycles. The molecule has 1 fully saturated rings. The highest BCUT2D eigenvalue weighted by molar-refractivity contribution is 14.0. The van der Waals surface area contributed by atoms with Crippen molar-refractivity contribution in [1.29, 1.82) is 0 Å². The van der Waals surface area contributed by atoms with Crippen LogP contribution in [0.1, 0.15) is 44.3 Å². The second-order valence-corrected chi connectivity index (χ2v) is 6.11. The summed E-state index contributed by atoms with van der Waals surface area (Å²) in [7, 11) is 1.93. The number of likely N-dealkylation sites (tertiary alicyclic amines) is 1. The molecule has 0 aromatic carbocycles. The summed E-state index contributed by atoms with van der Waals surface area (Å²) in [6.07, 6.45) is 4.37. The molecule has 25 heavy (non-hydrogen) atoms. The molecule has 0 unspecified atom stereocenters. The first-order valence-electron chi connectivity index (χ1n) is 8.76. The molecule has 0 aliphatic carbocycles. The number of nitrogens with one attached hydrogen (secondary N) is 2. The van der Waals surface area contributed by atoms with E-state index < -0.39 is 0 Å². The summed E-state index contributed by atoms with van der Waals surface area (Å²) in [6.45, 7) is 7.33. The Hall–Kier alpha value is -1.39. The maximum absolute atomic E-state index is 12.2. The Balaban J connectivity index is 0.00000312. The van der Waals surface area contributed by atoms with Crippen LogP contribution in [0.5, 0.6) is 0 Å². The van der Waals surface area contributed by atoms with Crippen molar-refractivity contribution in [3.63, 3.8) is 0 Å². The Morgan fingerprint density at radius 1 is 1.24 bits per heavy atom. The van der Waals surface area contributed by atoms with E-state index in [0.29, 0.717) is 12.5 Å². The first-order valence-corrected chi connectivity index (χ1v) is 8.76. The lowest BCUT2D eigenvalue weighted by atomic mass is 10.3. The summed E-state index contributed by atoms with van der Waals surface area (Å²) in [6, 6.07) is 0. The van der Waals surface area contributed by atoms with Crippen molar-refractivity contribution in [2.24, 2.45) is 12.0 Å². The number of nitrogens with zero attached hydrogens (tertiary/aromatic N) is 5. The van der Waals surface area contributed by atoms with Crippen LogP contribution in [0.2, 0.25) is 0 Å². The number of unbranched alkanes of at least 4 members (excludes halogenated alkanes) is 1. The summed E-state index contributed by atoms with van der Waals surface area (Å²) in [5.41, 5.74) is 0. The van der Waals surface area contributed by atoms with Gasteiger partial charge >= 0.3 is 0 Å². The van der Waals surface area contributed by atoms with Gasteiger partial charge in [-0.25, -0.2) is 4.99 Å². The third kappa shape index (κ3) is 6.79. The zero-order valence-electron chi connectivity index (χ0n) is 15.4. The lowest BCUT2D eigenvalue weighted by Gasteiger charge is -2.17. The van der Waals surface area contributed by atoms with Crippen LogP contribution in [0, 0.1) is 6.92 Å². The Bertz CT molecular complexity index is 567. The molecular weight excluding hydrogens is 433 g/mol. The molecule has 142 valence electrons. The maximum atomic E-state index is 12.2. The van der Waals surface area contributed by atoms with Gasteiger partial charge in [0.25, 0.3) is 0 Å². The lowest BCUT2D eigenvalue weighted by Crippen LogP contribution is -2.44. The van der Waals surface area contributed by atoms with Crippen molar-refractivity contribution in [3.8, 4) is 0 Å². The number of rotatable bonds is 7. The van der Waals surface area contributed by atoms with Crippen LogP contribution in [0.25, 0.3) is 0 Å². The van der Waals surface area contributed by atoms with E-state index in [9.17, 15) is 4.79 Å². The Kier molecular flexibility index (Phi) is 9.76. The van der Waals surface area contributed by atoms with Gasteiger partial charge in [0.15, 0.2) is 11.8 Å². The number of amides is 1. The number of guanidine groups is 1. The quantitative estimate of drug-likeness (QED) is 0.275. The first-order chi connectivity index (χ1) is 11.6. The predicted octanol–water partition coefficient (Wildman–Crippen LogP) is 1.20. The van der Waals surface area contributed by atoms with Crippen molar-refractivity contribution >= 4 is 35.8 Å². The second kappa shape index (κ2) is 11.3. The summed E-state index contributed by atoms with van der Waals surface area (Å²) in [5.74, 6) is 2.44. The number of aryl methyl sites for hydroxylation is 1. The molecule has 1 aliphatic rings. The summed E-state index contributed by atoms with van der Waals surface area (Å²) < 4.78 is 1.92. The van der Waals surface area contributed by atoms with E-state index in [1.165, 1.54) is 0 Å². The highest BCUT2D eigenvalue weighted by Crippen LogP contribution is 2.06. The third-order valence-electron chi connectivity index (χ3n) is 4.25. The van der Waals surface area contributed by atoms with Crippen molar-refractivity contribution in [3.05, 3.63) is 11.6 Å². The molecule has 0 radical (unpaired) electrons. The van der Waals surface area contributed by atoms with Crippen molar-refractivity contribution in [1.82, 2.24) is 30.3 Å². The van der Waals surface area contributed by atoms with Gasteiger partial charge in [-0.15, -0.1) is 34.2 Å². The molecule has 8 nitrogen and oxygen atoms in total. The number of hydrogen-bond donors (Lipinski definition) is 2. The van der Waals surface area contributed by atoms with E-state index in [4.69, 9.17) is 0 Å². The molecule has 2 heterocycles. The monoisotopic (exact) mass is 463 g/mol. The highest BCUT2D eigenvalue weighted by Gasteiger charge is 2.17. The van der Waals surface area contributed by atoms with Crippen molar-refractivity contribution in [2.75, 3.05) is 26.2 Å². The molecule has 2 N–H and O–H groups in total. The van der Waals surface area contributed by atoms with Crippen LogP contribution in [0.3, 0.4) is 0 Å². The van der Waals surface area contributed by atoms with Crippen LogP contribution in [-0.2, 0) is 18.4 Å². The third-order valence-corrected chi connectivity index (χ3v) is 4.25. The molecule has 0 bridgehead atoms. The maximum Gasteiger partial charge on any atom is 0.241 e.